The van der Waals surface area contributed by atoms with E-state index in [2.05, 4.69) is 39.8 Å². The zero-order valence-corrected chi connectivity index (χ0v) is 19.8. The van der Waals surface area contributed by atoms with Crippen molar-refractivity contribution in [2.45, 2.75) is 59.7 Å². The van der Waals surface area contributed by atoms with Gasteiger partial charge in [-0.2, -0.15) is 0 Å². The van der Waals surface area contributed by atoms with Gasteiger partial charge in [-0.25, -0.2) is 0 Å². The second kappa shape index (κ2) is 10.2. The van der Waals surface area contributed by atoms with E-state index in [0.29, 0.717) is 53.9 Å². The normalized spacial score (nSPS) is 28.1. The van der Waals surface area contributed by atoms with Gasteiger partial charge in [-0.3, -0.25) is 4.79 Å². The van der Waals surface area contributed by atoms with Crippen LogP contribution in [0.1, 0.15) is 63.7 Å². The third-order valence-electron chi connectivity index (χ3n) is 7.20. The fourth-order valence-corrected chi connectivity index (χ4v) is 4.97. The van der Waals surface area contributed by atoms with Gasteiger partial charge in [0.15, 0.2) is 11.5 Å². The molecule has 0 saturated heterocycles. The Labute approximate surface area is 191 Å². The van der Waals surface area contributed by atoms with Gasteiger partial charge in [0.25, 0.3) is 0 Å². The number of ketones is 1. The van der Waals surface area contributed by atoms with Crippen molar-refractivity contribution < 1.29 is 23.7 Å². The van der Waals surface area contributed by atoms with Gasteiger partial charge >= 0.3 is 0 Å². The van der Waals surface area contributed by atoms with Crippen LogP contribution in [0.15, 0.2) is 41.5 Å². The lowest BCUT2D eigenvalue weighted by molar-refractivity contribution is -0.134. The smallest absolute Gasteiger partial charge is 0.231 e. The van der Waals surface area contributed by atoms with E-state index in [0.717, 1.165) is 25.7 Å². The van der Waals surface area contributed by atoms with E-state index in [1.807, 2.05) is 0 Å². The van der Waals surface area contributed by atoms with E-state index in [4.69, 9.17) is 18.9 Å². The summed E-state index contributed by atoms with van der Waals surface area (Å²) >= 11 is 0. The van der Waals surface area contributed by atoms with E-state index in [1.54, 1.807) is 18.2 Å². The largest absolute Gasteiger partial charge is 0.454 e. The van der Waals surface area contributed by atoms with Gasteiger partial charge < -0.3 is 18.9 Å². The van der Waals surface area contributed by atoms with Gasteiger partial charge in [0.1, 0.15) is 0 Å². The predicted octanol–water partition coefficient (Wildman–Crippen LogP) is 5.94. The molecule has 3 aliphatic rings. The highest BCUT2D eigenvalue weighted by atomic mass is 16.7. The van der Waals surface area contributed by atoms with Crippen molar-refractivity contribution in [3.05, 3.63) is 47.1 Å². The first-order chi connectivity index (χ1) is 15.4. The maximum atomic E-state index is 13.4. The van der Waals surface area contributed by atoms with Crippen LogP contribution >= 0.6 is 0 Å². The number of carbonyl (C=O) groups excluding carboxylic acids is 1. The van der Waals surface area contributed by atoms with Crippen LogP contribution < -0.4 is 9.47 Å². The van der Waals surface area contributed by atoms with E-state index in [-0.39, 0.29) is 12.6 Å². The Balaban J connectivity index is 1.45. The molecule has 2 aliphatic carbocycles. The van der Waals surface area contributed by atoms with Crippen molar-refractivity contribution in [1.82, 2.24) is 0 Å². The molecule has 0 aromatic heterocycles. The Kier molecular flexibility index (Phi) is 7.37. The highest BCUT2D eigenvalue weighted by molar-refractivity contribution is 5.99. The fraction of sp³-hybridized carbons (Fsp3) is 0.593. The van der Waals surface area contributed by atoms with Crippen LogP contribution in [-0.2, 0) is 9.47 Å². The summed E-state index contributed by atoms with van der Waals surface area (Å²) in [6.07, 6.45) is 8.08. The molecule has 0 amide bonds. The highest BCUT2D eigenvalue weighted by Gasteiger charge is 2.29. The summed E-state index contributed by atoms with van der Waals surface area (Å²) in [4.78, 5) is 13.4. The molecular weight excluding hydrogens is 404 g/mol. The van der Waals surface area contributed by atoms with Crippen LogP contribution in [0, 0.1) is 23.7 Å². The molecule has 174 valence electrons. The highest BCUT2D eigenvalue weighted by Crippen LogP contribution is 2.34. The van der Waals surface area contributed by atoms with Crippen molar-refractivity contribution in [1.29, 1.82) is 0 Å². The lowest BCUT2D eigenvalue weighted by Gasteiger charge is -2.30. The first-order valence-electron chi connectivity index (χ1n) is 11.9. The average Bonchev–Trinajstić information content (AvgIpc) is 3.23. The number of allylic oxidation sites excluding steroid dienone is 4. The predicted molar refractivity (Wildman–Crippen MR) is 124 cm³/mol. The minimum atomic E-state index is -0.909. The van der Waals surface area contributed by atoms with Crippen LogP contribution in [0.25, 0.3) is 0 Å². The number of fused-ring (bicyclic) bond motifs is 1. The second-order valence-electron chi connectivity index (χ2n) is 9.77. The molecule has 0 N–H and O–H groups in total. The van der Waals surface area contributed by atoms with Crippen LogP contribution in [0.2, 0.25) is 0 Å². The van der Waals surface area contributed by atoms with Crippen molar-refractivity contribution >= 4 is 5.78 Å². The van der Waals surface area contributed by atoms with Crippen LogP contribution in [0.4, 0.5) is 0 Å². The Morgan fingerprint density at radius 2 is 1.50 bits per heavy atom. The Hall–Kier alpha value is -2.11. The van der Waals surface area contributed by atoms with Gasteiger partial charge in [0.05, 0.1) is 13.2 Å². The van der Waals surface area contributed by atoms with Crippen molar-refractivity contribution in [3.8, 4) is 11.5 Å². The maximum absolute atomic E-state index is 13.4. The monoisotopic (exact) mass is 440 g/mol. The molecule has 0 saturated carbocycles. The van der Waals surface area contributed by atoms with Gasteiger partial charge in [0.2, 0.25) is 18.9 Å². The van der Waals surface area contributed by atoms with Crippen LogP contribution in [-0.4, -0.2) is 32.1 Å². The second-order valence-corrected chi connectivity index (χ2v) is 9.77. The summed E-state index contributed by atoms with van der Waals surface area (Å²) < 4.78 is 23.2. The molecule has 0 fully saturated rings. The lowest BCUT2D eigenvalue weighted by atomic mass is 9.82. The molecule has 1 aromatic rings. The zero-order valence-electron chi connectivity index (χ0n) is 19.8. The van der Waals surface area contributed by atoms with Gasteiger partial charge in [-0.1, -0.05) is 37.1 Å². The third kappa shape index (κ3) is 5.44. The summed E-state index contributed by atoms with van der Waals surface area (Å²) in [5.74, 6) is 2.78. The summed E-state index contributed by atoms with van der Waals surface area (Å²) in [5, 5.41) is 0. The molecule has 4 atom stereocenters. The topological polar surface area (TPSA) is 54.0 Å². The van der Waals surface area contributed by atoms with Crippen molar-refractivity contribution in [2.75, 3.05) is 20.0 Å². The molecular formula is C27H36O5. The molecule has 5 heteroatoms. The number of benzene rings is 1. The maximum Gasteiger partial charge on any atom is 0.231 e. The van der Waals surface area contributed by atoms with Gasteiger partial charge in [-0.15, -0.1) is 0 Å². The number of ether oxygens (including phenoxy) is 4. The summed E-state index contributed by atoms with van der Waals surface area (Å²) in [6.45, 7) is 10.0. The van der Waals surface area contributed by atoms with E-state index in [9.17, 15) is 4.79 Å². The molecule has 0 radical (unpaired) electrons. The van der Waals surface area contributed by atoms with Crippen molar-refractivity contribution in [2.24, 2.45) is 23.7 Å². The number of rotatable bonds is 8. The van der Waals surface area contributed by atoms with Crippen molar-refractivity contribution in [3.63, 3.8) is 0 Å². The lowest BCUT2D eigenvalue weighted by Crippen LogP contribution is -2.34. The minimum Gasteiger partial charge on any atom is -0.454 e. The van der Waals surface area contributed by atoms with E-state index in [1.165, 1.54) is 11.1 Å². The summed E-state index contributed by atoms with van der Waals surface area (Å²) in [6, 6.07) is 5.27. The van der Waals surface area contributed by atoms with Crippen LogP contribution in [0.3, 0.4) is 0 Å². The van der Waals surface area contributed by atoms with Gasteiger partial charge in [0, 0.05) is 5.56 Å². The number of Topliss-reactive ketones (excluding diaryl/α,β-unsaturated/α-hetero) is 1. The molecule has 4 rings (SSSR count). The van der Waals surface area contributed by atoms with E-state index < -0.39 is 6.29 Å². The summed E-state index contributed by atoms with van der Waals surface area (Å²) in [7, 11) is 0. The van der Waals surface area contributed by atoms with E-state index >= 15 is 0 Å². The average molecular weight is 441 g/mol. The minimum absolute atomic E-state index is 0.159. The molecule has 0 spiro atoms. The Bertz CT molecular complexity index is 848. The zero-order chi connectivity index (χ0) is 22.7. The van der Waals surface area contributed by atoms with Gasteiger partial charge in [-0.05, 0) is 81.4 Å². The number of hydrogen-bond donors (Lipinski definition) is 0. The molecule has 1 aromatic carbocycles. The Morgan fingerprint density at radius 3 is 2.06 bits per heavy atom. The molecule has 0 bridgehead atoms. The third-order valence-corrected chi connectivity index (χ3v) is 7.20. The Morgan fingerprint density at radius 1 is 0.938 bits per heavy atom. The summed E-state index contributed by atoms with van der Waals surface area (Å²) in [5.41, 5.74) is 3.40. The standard InChI is InChI=1S/C27H36O5/c1-17-5-7-22(19(3)11-17)14-29-27(30-15-23-8-6-18(2)12-20(23)4)26(28)21-9-10-24-25(13-21)32-16-31-24/h9-13,19-20,22-23,27H,5-8,14-16H2,1-4H3. The molecule has 5 nitrogen and oxygen atoms in total. The molecule has 1 aliphatic heterocycles. The molecule has 32 heavy (non-hydrogen) atoms. The number of carbonyl (C=O) groups is 1. The van der Waals surface area contributed by atoms with Crippen LogP contribution in [0.5, 0.6) is 11.5 Å². The SMILES string of the molecule is CC1=CC(C)C(COC(OCC2CCC(C)=CC2C)C(=O)c2ccc3c(c2)OCO3)CC1. The number of hydrogen-bond acceptors (Lipinski definition) is 5. The first kappa shape index (κ1) is 23.1. The quantitative estimate of drug-likeness (QED) is 0.284. The fourth-order valence-electron chi connectivity index (χ4n) is 4.97. The first-order valence-corrected chi connectivity index (χ1v) is 11.9. The molecule has 1 heterocycles. The molecule has 4 unspecified atom stereocenters.